The molecule has 2 aromatic heterocycles. The first-order valence-electron chi connectivity index (χ1n) is 8.74. The van der Waals surface area contributed by atoms with Crippen molar-refractivity contribution in [1.29, 1.82) is 0 Å². The van der Waals surface area contributed by atoms with Crippen LogP contribution >= 0.6 is 0 Å². The van der Waals surface area contributed by atoms with Gasteiger partial charge in [0.15, 0.2) is 0 Å². The lowest BCUT2D eigenvalue weighted by Gasteiger charge is -2.30. The van der Waals surface area contributed by atoms with Crippen LogP contribution in [0.3, 0.4) is 0 Å². The molecule has 4 rings (SSSR count). The number of carbonyl (C=O) groups is 1. The largest absolute Gasteiger partial charge is 0.400 e. The van der Waals surface area contributed by atoms with E-state index in [1.54, 1.807) is 0 Å². The summed E-state index contributed by atoms with van der Waals surface area (Å²) in [5.74, 6) is -0.894. The quantitative estimate of drug-likeness (QED) is 0.661. The Hall–Kier alpha value is -3.12. The van der Waals surface area contributed by atoms with Crippen LogP contribution in [0.15, 0.2) is 50.4 Å². The Morgan fingerprint density at radius 2 is 1.86 bits per heavy atom. The molecule has 3 aromatic rings. The summed E-state index contributed by atoms with van der Waals surface area (Å²) in [4.78, 5) is 12.5. The summed E-state index contributed by atoms with van der Waals surface area (Å²) in [6.45, 7) is 0.343. The average molecular weight is 421 g/mol. The highest BCUT2D eigenvalue weighted by Gasteiger charge is 2.32. The number of nitrogens with zero attached hydrogens (tertiary/aromatic N) is 4. The van der Waals surface area contributed by atoms with Crippen LogP contribution in [-0.2, 0) is 14.8 Å². The molecule has 12 heteroatoms. The molecule has 1 aliphatic rings. The SMILES string of the molecule is O=C(Nc1nnc(-c2ccno2)o1)C1CCN(S(=O)(=O)c2ccc(F)cc2)CC1. The highest BCUT2D eigenvalue weighted by Crippen LogP contribution is 2.25. The maximum Gasteiger partial charge on any atom is 0.322 e. The van der Waals surface area contributed by atoms with E-state index in [2.05, 4.69) is 20.7 Å². The number of piperidine rings is 1. The number of nitrogens with one attached hydrogen (secondary N) is 1. The normalized spacial score (nSPS) is 16.0. The molecule has 0 spiro atoms. The molecule has 0 atom stereocenters. The molecule has 1 aliphatic heterocycles. The highest BCUT2D eigenvalue weighted by atomic mass is 32.2. The Morgan fingerprint density at radius 3 is 2.52 bits per heavy atom. The van der Waals surface area contributed by atoms with E-state index in [9.17, 15) is 17.6 Å². The number of carbonyl (C=O) groups excluding carboxylic acids is 1. The first kappa shape index (κ1) is 19.2. The molecule has 0 unspecified atom stereocenters. The third kappa shape index (κ3) is 4.03. The lowest BCUT2D eigenvalue weighted by atomic mass is 9.97. The topological polar surface area (TPSA) is 131 Å². The predicted octanol–water partition coefficient (Wildman–Crippen LogP) is 1.90. The van der Waals surface area contributed by atoms with Crippen molar-refractivity contribution in [1.82, 2.24) is 19.7 Å². The molecule has 29 heavy (non-hydrogen) atoms. The summed E-state index contributed by atoms with van der Waals surface area (Å²) in [6, 6.07) is 6.12. The van der Waals surface area contributed by atoms with Gasteiger partial charge in [0, 0.05) is 25.1 Å². The minimum absolute atomic E-state index is 0.0209. The maximum absolute atomic E-state index is 13.0. The van der Waals surface area contributed by atoms with Crippen LogP contribution in [0.25, 0.3) is 11.7 Å². The molecule has 1 aromatic carbocycles. The van der Waals surface area contributed by atoms with E-state index < -0.39 is 21.8 Å². The van der Waals surface area contributed by atoms with Gasteiger partial charge in [0.25, 0.3) is 5.89 Å². The molecule has 0 radical (unpaired) electrons. The van der Waals surface area contributed by atoms with Crippen LogP contribution in [0.2, 0.25) is 0 Å². The summed E-state index contributed by atoms with van der Waals surface area (Å²) in [5.41, 5.74) is 0. The molecule has 1 fully saturated rings. The summed E-state index contributed by atoms with van der Waals surface area (Å²) in [5, 5.41) is 13.6. The minimum atomic E-state index is -3.73. The Kier molecular flexibility index (Phi) is 5.11. The molecule has 1 amide bonds. The smallest absolute Gasteiger partial charge is 0.322 e. The van der Waals surface area contributed by atoms with Gasteiger partial charge in [0.05, 0.1) is 11.1 Å². The second kappa shape index (κ2) is 7.72. The number of halogens is 1. The lowest BCUT2D eigenvalue weighted by Crippen LogP contribution is -2.41. The molecule has 1 N–H and O–H groups in total. The minimum Gasteiger partial charge on any atom is -0.400 e. The Balaban J connectivity index is 1.35. The predicted molar refractivity (Wildman–Crippen MR) is 96.3 cm³/mol. The van der Waals surface area contributed by atoms with Gasteiger partial charge in [0.2, 0.25) is 21.7 Å². The summed E-state index contributed by atoms with van der Waals surface area (Å²) < 4.78 is 49.8. The standard InChI is InChI=1S/C17H16FN5O5S/c18-12-1-3-13(4-2-12)29(25,26)23-9-6-11(7-10-23)15(24)20-17-22-21-16(27-17)14-5-8-19-28-14/h1-5,8,11H,6-7,9-10H2,(H,20,22,24). The molecule has 0 aliphatic carbocycles. The van der Waals surface area contributed by atoms with Crippen molar-refractivity contribution in [2.24, 2.45) is 5.92 Å². The van der Waals surface area contributed by atoms with Crippen molar-refractivity contribution in [3.63, 3.8) is 0 Å². The fraction of sp³-hybridized carbons (Fsp3) is 0.294. The first-order chi connectivity index (χ1) is 13.9. The summed E-state index contributed by atoms with van der Waals surface area (Å²) in [6.07, 6.45) is 2.08. The number of amides is 1. The fourth-order valence-electron chi connectivity index (χ4n) is 3.02. The van der Waals surface area contributed by atoms with Crippen LogP contribution in [0, 0.1) is 11.7 Å². The first-order valence-corrected chi connectivity index (χ1v) is 10.2. The number of anilines is 1. The zero-order valence-corrected chi connectivity index (χ0v) is 15.8. The fourth-order valence-corrected chi connectivity index (χ4v) is 4.49. The Morgan fingerprint density at radius 1 is 1.14 bits per heavy atom. The van der Waals surface area contributed by atoms with Gasteiger partial charge >= 0.3 is 6.01 Å². The molecular weight excluding hydrogens is 405 g/mol. The number of benzene rings is 1. The van der Waals surface area contributed by atoms with Gasteiger partial charge in [-0.05, 0) is 37.1 Å². The van der Waals surface area contributed by atoms with Gasteiger partial charge in [-0.3, -0.25) is 10.1 Å². The van der Waals surface area contributed by atoms with E-state index >= 15 is 0 Å². The van der Waals surface area contributed by atoms with Crippen LogP contribution < -0.4 is 5.32 Å². The van der Waals surface area contributed by atoms with Crippen molar-refractivity contribution >= 4 is 21.9 Å². The van der Waals surface area contributed by atoms with Crippen molar-refractivity contribution in [3.8, 4) is 11.7 Å². The summed E-state index contributed by atoms with van der Waals surface area (Å²) in [7, 11) is -3.73. The van der Waals surface area contributed by atoms with Crippen molar-refractivity contribution in [2.45, 2.75) is 17.7 Å². The summed E-state index contributed by atoms with van der Waals surface area (Å²) >= 11 is 0. The Bertz CT molecular complexity index is 1090. The average Bonchev–Trinajstić information content (AvgIpc) is 3.40. The monoisotopic (exact) mass is 421 g/mol. The maximum atomic E-state index is 13.0. The molecule has 152 valence electrons. The third-order valence-corrected chi connectivity index (χ3v) is 6.49. The van der Waals surface area contributed by atoms with Crippen LogP contribution in [-0.4, -0.2) is 47.1 Å². The second-order valence-corrected chi connectivity index (χ2v) is 8.35. The van der Waals surface area contributed by atoms with Crippen molar-refractivity contribution < 1.29 is 26.5 Å². The van der Waals surface area contributed by atoms with E-state index in [-0.39, 0.29) is 41.6 Å². The van der Waals surface area contributed by atoms with E-state index in [1.165, 1.54) is 28.7 Å². The number of hydrogen-bond donors (Lipinski definition) is 1. The number of sulfonamides is 1. The van der Waals surface area contributed by atoms with Crippen LogP contribution in [0.4, 0.5) is 10.4 Å². The van der Waals surface area contributed by atoms with E-state index in [0.29, 0.717) is 12.8 Å². The molecule has 1 saturated heterocycles. The number of hydrogen-bond acceptors (Lipinski definition) is 8. The number of rotatable bonds is 5. The van der Waals surface area contributed by atoms with E-state index in [4.69, 9.17) is 8.94 Å². The molecule has 0 saturated carbocycles. The van der Waals surface area contributed by atoms with Gasteiger partial charge < -0.3 is 8.94 Å². The third-order valence-electron chi connectivity index (χ3n) is 4.58. The highest BCUT2D eigenvalue weighted by molar-refractivity contribution is 7.89. The van der Waals surface area contributed by atoms with Gasteiger partial charge in [-0.15, -0.1) is 5.10 Å². The van der Waals surface area contributed by atoms with E-state index in [0.717, 1.165) is 12.1 Å². The van der Waals surface area contributed by atoms with Gasteiger partial charge in [-0.1, -0.05) is 10.3 Å². The molecular formula is C17H16FN5O5S. The van der Waals surface area contributed by atoms with Crippen LogP contribution in [0.5, 0.6) is 0 Å². The van der Waals surface area contributed by atoms with E-state index in [1.807, 2.05) is 0 Å². The zero-order valence-electron chi connectivity index (χ0n) is 15.0. The molecule has 10 nitrogen and oxygen atoms in total. The van der Waals surface area contributed by atoms with Crippen molar-refractivity contribution in [2.75, 3.05) is 18.4 Å². The van der Waals surface area contributed by atoms with Gasteiger partial charge in [-0.2, -0.15) is 4.31 Å². The van der Waals surface area contributed by atoms with Gasteiger partial charge in [0.1, 0.15) is 5.82 Å². The second-order valence-electron chi connectivity index (χ2n) is 6.41. The molecule has 3 heterocycles. The van der Waals surface area contributed by atoms with Crippen molar-refractivity contribution in [3.05, 3.63) is 42.3 Å². The van der Waals surface area contributed by atoms with Crippen LogP contribution in [0.1, 0.15) is 12.8 Å². The Labute approximate surface area is 164 Å². The lowest BCUT2D eigenvalue weighted by molar-refractivity contribution is -0.121. The number of aromatic nitrogens is 3. The van der Waals surface area contributed by atoms with Gasteiger partial charge in [-0.25, -0.2) is 12.8 Å². The molecule has 0 bridgehead atoms. The zero-order chi connectivity index (χ0) is 20.4.